The Morgan fingerprint density at radius 3 is 2.37 bits per heavy atom. The molecule has 2 aromatic rings. The van der Waals surface area contributed by atoms with E-state index in [0.717, 1.165) is 23.7 Å². The van der Waals surface area contributed by atoms with E-state index in [2.05, 4.69) is 24.4 Å². The van der Waals surface area contributed by atoms with E-state index in [1.54, 1.807) is 7.11 Å². The molecule has 3 nitrogen and oxygen atoms in total. The van der Waals surface area contributed by atoms with Crippen LogP contribution >= 0.6 is 0 Å². The lowest BCUT2D eigenvalue weighted by Gasteiger charge is -2.12. The van der Waals surface area contributed by atoms with Crippen LogP contribution in [0.15, 0.2) is 48.5 Å². The molecule has 0 bridgehead atoms. The minimum absolute atomic E-state index is 0.592. The average Bonchev–Trinajstić information content (AvgIpc) is 2.45. The molecule has 0 unspecified atom stereocenters. The van der Waals surface area contributed by atoms with Crippen LogP contribution in [0.4, 0.5) is 5.69 Å². The number of hydrogen-bond acceptors (Lipinski definition) is 3. The van der Waals surface area contributed by atoms with Crippen LogP contribution < -0.4 is 14.8 Å². The van der Waals surface area contributed by atoms with E-state index < -0.39 is 0 Å². The quantitative estimate of drug-likeness (QED) is 0.803. The highest BCUT2D eigenvalue weighted by Gasteiger charge is 2.02. The molecule has 3 heteroatoms. The second kappa shape index (κ2) is 6.69. The van der Waals surface area contributed by atoms with Gasteiger partial charge in [0.2, 0.25) is 0 Å². The average molecular weight is 257 g/mol. The number of benzene rings is 2. The Labute approximate surface area is 114 Å². The van der Waals surface area contributed by atoms with Crippen molar-refractivity contribution in [3.8, 4) is 11.5 Å². The van der Waals surface area contributed by atoms with Crippen molar-refractivity contribution < 1.29 is 9.47 Å². The summed E-state index contributed by atoms with van der Waals surface area (Å²) >= 11 is 0. The Morgan fingerprint density at radius 1 is 0.947 bits per heavy atom. The molecule has 0 spiro atoms. The van der Waals surface area contributed by atoms with E-state index in [1.165, 1.54) is 5.56 Å². The van der Waals surface area contributed by atoms with Crippen molar-refractivity contribution >= 4 is 5.69 Å². The van der Waals surface area contributed by atoms with Gasteiger partial charge in [-0.2, -0.15) is 0 Å². The smallest absolute Gasteiger partial charge is 0.161 e. The van der Waals surface area contributed by atoms with Crippen LogP contribution in [-0.2, 0) is 0 Å². The summed E-state index contributed by atoms with van der Waals surface area (Å²) in [6, 6.07) is 15.9. The molecule has 0 atom stereocenters. The molecule has 1 N–H and O–H groups in total. The predicted molar refractivity (Wildman–Crippen MR) is 78.2 cm³/mol. The van der Waals surface area contributed by atoms with Crippen LogP contribution in [0.2, 0.25) is 0 Å². The molecule has 0 saturated carbocycles. The molecule has 100 valence electrons. The van der Waals surface area contributed by atoms with Crippen LogP contribution in [0.5, 0.6) is 11.5 Å². The number of para-hydroxylation sites is 3. The zero-order chi connectivity index (χ0) is 13.5. The first-order valence-electron chi connectivity index (χ1n) is 6.36. The Hall–Kier alpha value is -2.16. The van der Waals surface area contributed by atoms with Crippen LogP contribution in [0, 0.1) is 6.92 Å². The van der Waals surface area contributed by atoms with Gasteiger partial charge in [0, 0.05) is 12.2 Å². The maximum atomic E-state index is 5.70. The van der Waals surface area contributed by atoms with Gasteiger partial charge in [-0.25, -0.2) is 0 Å². The van der Waals surface area contributed by atoms with Crippen molar-refractivity contribution in [3.05, 3.63) is 54.1 Å². The van der Waals surface area contributed by atoms with Crippen LogP contribution in [0.1, 0.15) is 5.56 Å². The zero-order valence-electron chi connectivity index (χ0n) is 11.3. The molecule has 0 heterocycles. The number of methoxy groups -OCH3 is 1. The molecule has 0 aliphatic carbocycles. The van der Waals surface area contributed by atoms with Crippen molar-refractivity contribution in [2.24, 2.45) is 0 Å². The summed E-state index contributed by atoms with van der Waals surface area (Å²) < 4.78 is 10.9. The van der Waals surface area contributed by atoms with Crippen molar-refractivity contribution in [2.75, 3.05) is 25.6 Å². The first-order valence-corrected chi connectivity index (χ1v) is 6.36. The molecule has 0 fully saturated rings. The largest absolute Gasteiger partial charge is 0.493 e. The fraction of sp³-hybridized carbons (Fsp3) is 0.250. The SMILES string of the molecule is COc1ccccc1OCCNc1ccccc1C. The second-order valence-corrected chi connectivity index (χ2v) is 4.24. The molecule has 0 saturated heterocycles. The van der Waals surface area contributed by atoms with Gasteiger partial charge >= 0.3 is 0 Å². The van der Waals surface area contributed by atoms with Crippen molar-refractivity contribution in [1.82, 2.24) is 0 Å². The maximum absolute atomic E-state index is 5.70. The molecule has 0 aliphatic rings. The molecule has 0 aromatic heterocycles. The summed E-state index contributed by atoms with van der Waals surface area (Å²) in [5.74, 6) is 1.54. The van der Waals surface area contributed by atoms with E-state index in [4.69, 9.17) is 9.47 Å². The summed E-state index contributed by atoms with van der Waals surface area (Å²) in [4.78, 5) is 0. The highest BCUT2D eigenvalue weighted by atomic mass is 16.5. The summed E-state index contributed by atoms with van der Waals surface area (Å²) in [5, 5.41) is 3.35. The molecule has 2 rings (SSSR count). The molecular formula is C16H19NO2. The maximum Gasteiger partial charge on any atom is 0.161 e. The fourth-order valence-corrected chi connectivity index (χ4v) is 1.86. The third kappa shape index (κ3) is 3.65. The molecular weight excluding hydrogens is 238 g/mol. The van der Waals surface area contributed by atoms with E-state index in [9.17, 15) is 0 Å². The van der Waals surface area contributed by atoms with Gasteiger partial charge in [0.25, 0.3) is 0 Å². The van der Waals surface area contributed by atoms with Gasteiger partial charge in [-0.3, -0.25) is 0 Å². The van der Waals surface area contributed by atoms with Gasteiger partial charge < -0.3 is 14.8 Å². The Bertz CT molecular complexity index is 526. The van der Waals surface area contributed by atoms with Crippen LogP contribution in [0.25, 0.3) is 0 Å². The predicted octanol–water partition coefficient (Wildman–Crippen LogP) is 3.49. The van der Waals surface area contributed by atoms with Crippen molar-refractivity contribution in [3.63, 3.8) is 0 Å². The molecule has 0 amide bonds. The first kappa shape index (κ1) is 13.3. The van der Waals surface area contributed by atoms with Gasteiger partial charge in [-0.15, -0.1) is 0 Å². The highest BCUT2D eigenvalue weighted by Crippen LogP contribution is 2.25. The van der Waals surface area contributed by atoms with Gasteiger partial charge in [0.05, 0.1) is 7.11 Å². The fourth-order valence-electron chi connectivity index (χ4n) is 1.86. The molecule has 0 aliphatic heterocycles. The second-order valence-electron chi connectivity index (χ2n) is 4.24. The minimum Gasteiger partial charge on any atom is -0.493 e. The van der Waals surface area contributed by atoms with E-state index in [0.29, 0.717) is 6.61 Å². The Balaban J connectivity index is 1.83. The van der Waals surface area contributed by atoms with Gasteiger partial charge in [-0.1, -0.05) is 30.3 Å². The number of hydrogen-bond donors (Lipinski definition) is 1. The molecule has 19 heavy (non-hydrogen) atoms. The van der Waals surface area contributed by atoms with Crippen LogP contribution in [-0.4, -0.2) is 20.3 Å². The Morgan fingerprint density at radius 2 is 1.63 bits per heavy atom. The number of anilines is 1. The number of aryl methyl sites for hydroxylation is 1. The zero-order valence-corrected chi connectivity index (χ0v) is 11.3. The van der Waals surface area contributed by atoms with Gasteiger partial charge in [0.1, 0.15) is 6.61 Å². The minimum atomic E-state index is 0.592. The molecule has 0 radical (unpaired) electrons. The van der Waals surface area contributed by atoms with Crippen molar-refractivity contribution in [1.29, 1.82) is 0 Å². The van der Waals surface area contributed by atoms with E-state index in [1.807, 2.05) is 36.4 Å². The van der Waals surface area contributed by atoms with Crippen LogP contribution in [0.3, 0.4) is 0 Å². The third-order valence-electron chi connectivity index (χ3n) is 2.89. The Kier molecular flexibility index (Phi) is 4.67. The van der Waals surface area contributed by atoms with Gasteiger partial charge in [-0.05, 0) is 30.7 Å². The van der Waals surface area contributed by atoms with Gasteiger partial charge in [0.15, 0.2) is 11.5 Å². The highest BCUT2D eigenvalue weighted by molar-refractivity contribution is 5.50. The van der Waals surface area contributed by atoms with E-state index >= 15 is 0 Å². The normalized spacial score (nSPS) is 10.0. The number of ether oxygens (including phenoxy) is 2. The monoisotopic (exact) mass is 257 g/mol. The lowest BCUT2D eigenvalue weighted by molar-refractivity contribution is 0.306. The summed E-state index contributed by atoms with van der Waals surface area (Å²) in [6.07, 6.45) is 0. The lowest BCUT2D eigenvalue weighted by atomic mass is 10.2. The van der Waals surface area contributed by atoms with E-state index in [-0.39, 0.29) is 0 Å². The third-order valence-corrected chi connectivity index (χ3v) is 2.89. The first-order chi connectivity index (χ1) is 9.31. The van der Waals surface area contributed by atoms with Crippen molar-refractivity contribution in [2.45, 2.75) is 6.92 Å². The summed E-state index contributed by atoms with van der Waals surface area (Å²) in [5.41, 5.74) is 2.38. The summed E-state index contributed by atoms with van der Waals surface area (Å²) in [7, 11) is 1.65. The summed E-state index contributed by atoms with van der Waals surface area (Å²) in [6.45, 7) is 3.43. The lowest BCUT2D eigenvalue weighted by Crippen LogP contribution is -2.12. The molecule has 2 aromatic carbocycles. The topological polar surface area (TPSA) is 30.5 Å². The number of rotatable bonds is 6. The standard InChI is InChI=1S/C16H19NO2/c1-13-7-3-4-8-14(13)17-11-12-19-16-10-6-5-9-15(16)18-2/h3-10,17H,11-12H2,1-2H3. The number of nitrogens with one attached hydrogen (secondary N) is 1.